The van der Waals surface area contributed by atoms with Crippen LogP contribution in [0.25, 0.3) is 0 Å². The molecule has 4 unspecified atom stereocenters. The van der Waals surface area contributed by atoms with Crippen molar-refractivity contribution in [1.82, 2.24) is 0 Å². The lowest BCUT2D eigenvalue weighted by atomic mass is 9.65. The van der Waals surface area contributed by atoms with Crippen LogP contribution in [0.3, 0.4) is 0 Å². The SMILES string of the molecule is CC(C)CCCC(C)C.CCC(C)(COC(C)=O)C1CC(=O)C(C)CC1OOCCC(C)C. The van der Waals surface area contributed by atoms with Crippen molar-refractivity contribution in [3.8, 4) is 0 Å². The third-order valence-electron chi connectivity index (χ3n) is 6.85. The molecule has 0 spiro atoms. The van der Waals surface area contributed by atoms with Crippen LogP contribution in [0.4, 0.5) is 0 Å². The second-order valence-corrected chi connectivity index (χ2v) is 11.6. The fraction of sp³-hybridized carbons (Fsp3) is 0.929. The number of hydrogen-bond acceptors (Lipinski definition) is 5. The maximum atomic E-state index is 12.3. The second kappa shape index (κ2) is 16.6. The topological polar surface area (TPSA) is 61.8 Å². The fourth-order valence-corrected chi connectivity index (χ4v) is 4.09. The summed E-state index contributed by atoms with van der Waals surface area (Å²) in [4.78, 5) is 34.7. The van der Waals surface area contributed by atoms with Gasteiger partial charge in [0.2, 0.25) is 0 Å². The van der Waals surface area contributed by atoms with Gasteiger partial charge in [0, 0.05) is 30.6 Å². The molecule has 196 valence electrons. The van der Waals surface area contributed by atoms with E-state index in [1.165, 1.54) is 26.2 Å². The first-order chi connectivity index (χ1) is 15.3. The first-order valence-corrected chi connectivity index (χ1v) is 13.3. The van der Waals surface area contributed by atoms with Crippen molar-refractivity contribution in [3.63, 3.8) is 0 Å². The van der Waals surface area contributed by atoms with Crippen LogP contribution in [0.15, 0.2) is 0 Å². The first kappa shape index (κ1) is 32.1. The van der Waals surface area contributed by atoms with Crippen molar-refractivity contribution < 1.29 is 24.1 Å². The van der Waals surface area contributed by atoms with Gasteiger partial charge in [-0.3, -0.25) is 9.59 Å². The molecule has 0 bridgehead atoms. The number of ether oxygens (including phenoxy) is 1. The van der Waals surface area contributed by atoms with Crippen molar-refractivity contribution in [1.29, 1.82) is 0 Å². The van der Waals surface area contributed by atoms with E-state index in [0.717, 1.165) is 24.7 Å². The number of hydrogen-bond donors (Lipinski definition) is 0. The highest BCUT2D eigenvalue weighted by Gasteiger charge is 2.45. The first-order valence-electron chi connectivity index (χ1n) is 13.3. The summed E-state index contributed by atoms with van der Waals surface area (Å²) in [7, 11) is 0. The Labute approximate surface area is 204 Å². The predicted molar refractivity (Wildman–Crippen MR) is 136 cm³/mol. The van der Waals surface area contributed by atoms with Crippen LogP contribution in [0.5, 0.6) is 0 Å². The summed E-state index contributed by atoms with van der Waals surface area (Å²) >= 11 is 0. The molecule has 0 amide bonds. The zero-order valence-corrected chi connectivity index (χ0v) is 23.4. The molecule has 1 aliphatic rings. The van der Waals surface area contributed by atoms with Gasteiger partial charge in [0.1, 0.15) is 5.78 Å². The fourth-order valence-electron chi connectivity index (χ4n) is 4.09. The molecule has 1 saturated carbocycles. The van der Waals surface area contributed by atoms with Crippen LogP contribution in [-0.2, 0) is 24.1 Å². The molecule has 0 saturated heterocycles. The van der Waals surface area contributed by atoms with E-state index in [1.54, 1.807) is 0 Å². The Morgan fingerprint density at radius 2 is 1.58 bits per heavy atom. The number of rotatable bonds is 13. The summed E-state index contributed by atoms with van der Waals surface area (Å²) in [6, 6.07) is 0. The van der Waals surface area contributed by atoms with E-state index in [9.17, 15) is 9.59 Å². The summed E-state index contributed by atoms with van der Waals surface area (Å²) < 4.78 is 5.27. The molecule has 4 atom stereocenters. The monoisotopic (exact) mass is 470 g/mol. The maximum Gasteiger partial charge on any atom is 0.302 e. The molecule has 0 aromatic heterocycles. The quantitative estimate of drug-likeness (QED) is 0.121. The summed E-state index contributed by atoms with van der Waals surface area (Å²) in [6.07, 6.45) is 6.91. The average Bonchev–Trinajstić information content (AvgIpc) is 2.71. The zero-order valence-electron chi connectivity index (χ0n) is 23.4. The maximum absolute atomic E-state index is 12.3. The molecule has 5 heteroatoms. The van der Waals surface area contributed by atoms with Crippen LogP contribution < -0.4 is 0 Å². The number of carbonyl (C=O) groups excluding carboxylic acids is 2. The highest BCUT2D eigenvalue weighted by Crippen LogP contribution is 2.43. The Balaban J connectivity index is 0.000000960. The average molecular weight is 471 g/mol. The number of carbonyl (C=O) groups is 2. The molecule has 1 fully saturated rings. The third-order valence-corrected chi connectivity index (χ3v) is 6.85. The van der Waals surface area contributed by atoms with Crippen LogP contribution >= 0.6 is 0 Å². The Bertz CT molecular complexity index is 534. The molecule has 1 aliphatic carbocycles. The summed E-state index contributed by atoms with van der Waals surface area (Å²) in [6.45, 7) is 21.8. The van der Waals surface area contributed by atoms with Gasteiger partial charge < -0.3 is 4.74 Å². The van der Waals surface area contributed by atoms with Crippen molar-refractivity contribution in [2.45, 2.75) is 120 Å². The van der Waals surface area contributed by atoms with Gasteiger partial charge in [0.15, 0.2) is 0 Å². The van der Waals surface area contributed by atoms with Gasteiger partial charge in [0.05, 0.1) is 19.3 Å². The van der Waals surface area contributed by atoms with Gasteiger partial charge in [-0.15, -0.1) is 0 Å². The van der Waals surface area contributed by atoms with Gasteiger partial charge >= 0.3 is 5.97 Å². The molecule has 33 heavy (non-hydrogen) atoms. The van der Waals surface area contributed by atoms with Crippen LogP contribution in [-0.4, -0.2) is 31.1 Å². The van der Waals surface area contributed by atoms with Gasteiger partial charge in [-0.1, -0.05) is 81.6 Å². The normalized spacial score (nSPS) is 22.8. The molecule has 0 radical (unpaired) electrons. The van der Waals surface area contributed by atoms with E-state index in [4.69, 9.17) is 14.5 Å². The number of esters is 1. The van der Waals surface area contributed by atoms with Gasteiger partial charge in [-0.05, 0) is 37.0 Å². The van der Waals surface area contributed by atoms with Crippen LogP contribution in [0, 0.1) is 35.0 Å². The molecule has 0 aromatic rings. The molecule has 5 nitrogen and oxygen atoms in total. The minimum absolute atomic E-state index is 0.00963. The minimum atomic E-state index is -0.298. The van der Waals surface area contributed by atoms with Gasteiger partial charge in [0.25, 0.3) is 0 Å². The highest BCUT2D eigenvalue weighted by molar-refractivity contribution is 5.82. The molecule has 0 aliphatic heterocycles. The molecular formula is C28H54O5. The minimum Gasteiger partial charge on any atom is -0.465 e. The zero-order chi connectivity index (χ0) is 25.6. The van der Waals surface area contributed by atoms with E-state index >= 15 is 0 Å². The van der Waals surface area contributed by atoms with E-state index < -0.39 is 0 Å². The lowest BCUT2D eigenvalue weighted by molar-refractivity contribution is -0.345. The lowest BCUT2D eigenvalue weighted by Gasteiger charge is -2.43. The Hall–Kier alpha value is -0.940. The molecule has 0 N–H and O–H groups in total. The van der Waals surface area contributed by atoms with Gasteiger partial charge in [-0.2, -0.15) is 0 Å². The largest absolute Gasteiger partial charge is 0.465 e. The molecule has 0 aromatic carbocycles. The number of Topliss-reactive ketones (excluding diaryl/α,β-unsaturated/α-hetero) is 1. The summed E-state index contributed by atoms with van der Waals surface area (Å²) in [5, 5.41) is 0. The number of ketones is 1. The molecule has 0 heterocycles. The summed E-state index contributed by atoms with van der Waals surface area (Å²) in [5.41, 5.74) is -0.298. The van der Waals surface area contributed by atoms with Crippen molar-refractivity contribution in [2.75, 3.05) is 13.2 Å². The van der Waals surface area contributed by atoms with E-state index in [2.05, 4.69) is 55.4 Å². The van der Waals surface area contributed by atoms with E-state index in [1.807, 2.05) is 6.92 Å². The lowest BCUT2D eigenvalue weighted by Crippen LogP contribution is -2.47. The van der Waals surface area contributed by atoms with Crippen molar-refractivity contribution >= 4 is 11.8 Å². The van der Waals surface area contributed by atoms with Crippen molar-refractivity contribution in [3.05, 3.63) is 0 Å². The van der Waals surface area contributed by atoms with Gasteiger partial charge in [-0.25, -0.2) is 9.78 Å². The smallest absolute Gasteiger partial charge is 0.302 e. The molecular weight excluding hydrogens is 416 g/mol. The van der Waals surface area contributed by atoms with Crippen LogP contribution in [0.1, 0.15) is 114 Å². The van der Waals surface area contributed by atoms with E-state index in [0.29, 0.717) is 32.0 Å². The van der Waals surface area contributed by atoms with Crippen LogP contribution in [0.2, 0.25) is 0 Å². The third kappa shape index (κ3) is 14.1. The molecule has 1 rings (SSSR count). The highest BCUT2D eigenvalue weighted by atomic mass is 17.2. The van der Waals surface area contributed by atoms with E-state index in [-0.39, 0.29) is 35.1 Å². The Kier molecular flexibility index (Phi) is 16.2. The Morgan fingerprint density at radius 3 is 2.03 bits per heavy atom. The predicted octanol–water partition coefficient (Wildman–Crippen LogP) is 7.41. The summed E-state index contributed by atoms with van der Waals surface area (Å²) in [5.74, 6) is 2.27. The van der Waals surface area contributed by atoms with Crippen molar-refractivity contribution in [2.24, 2.45) is 35.0 Å². The second-order valence-electron chi connectivity index (χ2n) is 11.6. The standard InChI is InChI=1S/C19H34O5.C9H20/c1-7-19(6,12-22-15(5)20)16-11-17(21)14(4)10-18(16)24-23-9-8-13(2)3;1-8(2)6-5-7-9(3)4/h13-14,16,18H,7-12H2,1-6H3;8-9H,5-7H2,1-4H3. The Morgan fingerprint density at radius 1 is 1.03 bits per heavy atom.